The van der Waals surface area contributed by atoms with Gasteiger partial charge in [0.1, 0.15) is 13.4 Å². The molecule has 1 saturated heterocycles. The van der Waals surface area contributed by atoms with Crippen molar-refractivity contribution in [3.8, 4) is 0 Å². The average molecular weight is 199 g/mol. The van der Waals surface area contributed by atoms with Gasteiger partial charge in [0.25, 0.3) is 0 Å². The lowest BCUT2D eigenvalue weighted by Crippen LogP contribution is -2.51. The molecule has 0 amide bonds. The fourth-order valence-electron chi connectivity index (χ4n) is 2.04. The lowest BCUT2D eigenvalue weighted by molar-refractivity contribution is -0.112. The van der Waals surface area contributed by atoms with E-state index in [0.717, 1.165) is 0 Å². The van der Waals surface area contributed by atoms with E-state index >= 15 is 0 Å². The van der Waals surface area contributed by atoms with Gasteiger partial charge in [0, 0.05) is 26.8 Å². The Morgan fingerprint density at radius 1 is 1.57 bits per heavy atom. The van der Waals surface area contributed by atoms with Crippen molar-refractivity contribution in [2.24, 2.45) is 0 Å². The number of methoxy groups -OCH3 is 2. The Bertz CT molecular complexity index is 173. The number of hydrogen-bond donors (Lipinski definition) is 1. The van der Waals surface area contributed by atoms with E-state index in [1.165, 1.54) is 0 Å². The van der Waals surface area contributed by atoms with Gasteiger partial charge in [-0.3, -0.25) is 0 Å². The maximum atomic E-state index is 5.75. The summed E-state index contributed by atoms with van der Waals surface area (Å²) in [6.45, 7) is 1.16. The molecule has 5 heteroatoms. The maximum Gasteiger partial charge on any atom is 0.129 e. The van der Waals surface area contributed by atoms with Gasteiger partial charge in [0.2, 0.25) is 0 Å². The topological polar surface area (TPSA) is 39.7 Å². The largest absolute Gasteiger partial charge is 0.382 e. The molecule has 3 atom stereocenters. The summed E-state index contributed by atoms with van der Waals surface area (Å²) in [5.41, 5.74) is -0.447. The van der Waals surface area contributed by atoms with Crippen LogP contribution in [0.3, 0.4) is 0 Å². The van der Waals surface area contributed by atoms with Crippen LogP contribution in [0.5, 0.6) is 0 Å². The molecule has 2 radical (unpaired) electrons. The predicted octanol–water partition coefficient (Wildman–Crippen LogP) is -0.479. The van der Waals surface area contributed by atoms with E-state index in [0.29, 0.717) is 19.6 Å². The molecule has 80 valence electrons. The summed E-state index contributed by atoms with van der Waals surface area (Å²) in [4.78, 5) is 0. The molecule has 0 unspecified atom stereocenters. The quantitative estimate of drug-likeness (QED) is 0.607. The minimum absolute atomic E-state index is 0.00935. The van der Waals surface area contributed by atoms with Crippen molar-refractivity contribution in [2.45, 2.75) is 24.1 Å². The molecule has 14 heavy (non-hydrogen) atoms. The fourth-order valence-corrected chi connectivity index (χ4v) is 2.04. The SMILES string of the molecule is [B][C@H]1C[C@H](OC)[C@@](CNC)(COC)O1. The molecule has 0 bridgehead atoms. The predicted molar refractivity (Wildman–Crippen MR) is 54.6 cm³/mol. The lowest BCUT2D eigenvalue weighted by Gasteiger charge is -2.33. The second-order valence-electron chi connectivity index (χ2n) is 3.64. The van der Waals surface area contributed by atoms with Crippen LogP contribution in [0.25, 0.3) is 0 Å². The van der Waals surface area contributed by atoms with E-state index in [1.807, 2.05) is 7.05 Å². The van der Waals surface area contributed by atoms with Gasteiger partial charge in [-0.2, -0.15) is 0 Å². The molecular formula is C9H18BNO3. The monoisotopic (exact) mass is 199 g/mol. The highest BCUT2D eigenvalue weighted by Crippen LogP contribution is 2.31. The van der Waals surface area contributed by atoms with Crippen molar-refractivity contribution in [3.63, 3.8) is 0 Å². The maximum absolute atomic E-state index is 5.75. The zero-order valence-corrected chi connectivity index (χ0v) is 9.08. The molecule has 4 nitrogen and oxygen atoms in total. The molecule has 0 aromatic carbocycles. The van der Waals surface area contributed by atoms with E-state index in [2.05, 4.69) is 5.32 Å². The Hall–Kier alpha value is -0.0951. The van der Waals surface area contributed by atoms with Gasteiger partial charge in [-0.15, -0.1) is 0 Å². The Balaban J connectivity index is 2.72. The van der Waals surface area contributed by atoms with E-state index in [4.69, 9.17) is 22.1 Å². The van der Waals surface area contributed by atoms with Gasteiger partial charge in [0.15, 0.2) is 0 Å². The second-order valence-corrected chi connectivity index (χ2v) is 3.64. The van der Waals surface area contributed by atoms with Crippen LogP contribution in [-0.4, -0.2) is 60.0 Å². The van der Waals surface area contributed by atoms with Crippen LogP contribution < -0.4 is 5.32 Å². The molecule has 0 aliphatic carbocycles. The average Bonchev–Trinajstić information content (AvgIpc) is 2.43. The van der Waals surface area contributed by atoms with Crippen LogP contribution in [0, 0.1) is 0 Å². The molecule has 0 saturated carbocycles. The zero-order chi connectivity index (χ0) is 10.6. The number of nitrogens with one attached hydrogen (secondary N) is 1. The van der Waals surface area contributed by atoms with Crippen LogP contribution in [0.2, 0.25) is 0 Å². The Morgan fingerprint density at radius 2 is 2.29 bits per heavy atom. The first-order chi connectivity index (χ1) is 6.68. The van der Waals surface area contributed by atoms with Gasteiger partial charge in [-0.1, -0.05) is 0 Å². The first kappa shape index (κ1) is 12.0. The Kier molecular flexibility index (Phi) is 4.38. The Labute approximate surface area is 86.7 Å². The van der Waals surface area contributed by atoms with Crippen LogP contribution in [0.4, 0.5) is 0 Å². The number of ether oxygens (including phenoxy) is 3. The van der Waals surface area contributed by atoms with E-state index in [1.54, 1.807) is 14.2 Å². The van der Waals surface area contributed by atoms with Gasteiger partial charge in [0.05, 0.1) is 12.7 Å². The Morgan fingerprint density at radius 3 is 2.79 bits per heavy atom. The van der Waals surface area contributed by atoms with Gasteiger partial charge in [-0.05, 0) is 13.5 Å². The normalized spacial score (nSPS) is 37.6. The minimum Gasteiger partial charge on any atom is -0.382 e. The van der Waals surface area contributed by atoms with Crippen molar-refractivity contribution in [1.29, 1.82) is 0 Å². The van der Waals surface area contributed by atoms with Crippen LogP contribution >= 0.6 is 0 Å². The molecule has 1 aliphatic heterocycles. The highest BCUT2D eigenvalue weighted by molar-refractivity contribution is 6.11. The molecule has 1 aliphatic rings. The number of likely N-dealkylation sites (N-methyl/N-ethyl adjacent to an activating group) is 1. The highest BCUT2D eigenvalue weighted by atomic mass is 16.6. The molecule has 1 fully saturated rings. The summed E-state index contributed by atoms with van der Waals surface area (Å²) in [7, 11) is 10.9. The van der Waals surface area contributed by atoms with Crippen molar-refractivity contribution in [1.82, 2.24) is 5.32 Å². The van der Waals surface area contributed by atoms with E-state index in [-0.39, 0.29) is 12.1 Å². The minimum atomic E-state index is -0.447. The molecule has 0 aromatic rings. The summed E-state index contributed by atoms with van der Waals surface area (Å²) in [6, 6.07) is -0.261. The molecule has 1 N–H and O–H groups in total. The lowest BCUT2D eigenvalue weighted by atomic mass is 9.92. The molecule has 0 aromatic heterocycles. The third kappa shape index (κ3) is 2.28. The van der Waals surface area contributed by atoms with Gasteiger partial charge >= 0.3 is 0 Å². The number of rotatable bonds is 5. The molecule has 1 rings (SSSR count). The van der Waals surface area contributed by atoms with Crippen molar-refractivity contribution in [3.05, 3.63) is 0 Å². The van der Waals surface area contributed by atoms with Crippen LogP contribution in [-0.2, 0) is 14.2 Å². The summed E-state index contributed by atoms with van der Waals surface area (Å²) in [5.74, 6) is 0. The summed E-state index contributed by atoms with van der Waals surface area (Å²) >= 11 is 0. The summed E-state index contributed by atoms with van der Waals surface area (Å²) in [5, 5.41) is 3.08. The van der Waals surface area contributed by atoms with Crippen molar-refractivity contribution < 1.29 is 14.2 Å². The second kappa shape index (κ2) is 5.12. The van der Waals surface area contributed by atoms with Crippen LogP contribution in [0.15, 0.2) is 0 Å². The van der Waals surface area contributed by atoms with Crippen molar-refractivity contribution in [2.75, 3.05) is 34.4 Å². The van der Waals surface area contributed by atoms with E-state index < -0.39 is 5.60 Å². The summed E-state index contributed by atoms with van der Waals surface area (Å²) < 4.78 is 16.2. The highest BCUT2D eigenvalue weighted by Gasteiger charge is 2.47. The fraction of sp³-hybridized carbons (Fsp3) is 1.00. The molecule has 0 spiro atoms. The number of hydrogen-bond acceptors (Lipinski definition) is 4. The third-order valence-corrected chi connectivity index (χ3v) is 2.57. The smallest absolute Gasteiger partial charge is 0.129 e. The zero-order valence-electron chi connectivity index (χ0n) is 9.08. The van der Waals surface area contributed by atoms with Gasteiger partial charge < -0.3 is 19.5 Å². The van der Waals surface area contributed by atoms with Crippen molar-refractivity contribution >= 4 is 7.85 Å². The summed E-state index contributed by atoms with van der Waals surface area (Å²) in [6.07, 6.45) is 0.701. The molecule has 1 heterocycles. The van der Waals surface area contributed by atoms with Gasteiger partial charge in [-0.25, -0.2) is 0 Å². The van der Waals surface area contributed by atoms with Crippen LogP contribution in [0.1, 0.15) is 6.42 Å². The standard InChI is InChI=1S/C9H18BNO3/c1-11-5-9(6-12-2)7(13-3)4-8(10)14-9/h7-8,11H,4-6H2,1-3H3/t7-,8+,9+/m0/s1. The third-order valence-electron chi connectivity index (χ3n) is 2.57. The van der Waals surface area contributed by atoms with E-state index in [9.17, 15) is 0 Å². The first-order valence-electron chi connectivity index (χ1n) is 4.78. The first-order valence-corrected chi connectivity index (χ1v) is 4.78. The molecular weight excluding hydrogens is 181 g/mol.